The molecule has 152 valence electrons. The molecule has 2 saturated heterocycles. The van der Waals surface area contributed by atoms with Gasteiger partial charge in [-0.15, -0.1) is 0 Å². The number of nitrogens with zero attached hydrogens (tertiary/aromatic N) is 2. The Kier molecular flexibility index (Phi) is 5.74. The van der Waals surface area contributed by atoms with E-state index < -0.39 is 6.10 Å². The fraction of sp³-hybridized carbons (Fsp3) is 0.364. The van der Waals surface area contributed by atoms with E-state index >= 15 is 0 Å². The van der Waals surface area contributed by atoms with E-state index in [0.717, 1.165) is 24.1 Å². The summed E-state index contributed by atoms with van der Waals surface area (Å²) < 4.78 is 4.94. The van der Waals surface area contributed by atoms with Crippen LogP contribution in [0, 0.1) is 5.92 Å². The Bertz CT molecular complexity index is 877. The maximum Gasteiger partial charge on any atom is 0.414 e. The lowest BCUT2D eigenvalue weighted by Gasteiger charge is -2.34. The van der Waals surface area contributed by atoms with Crippen molar-refractivity contribution >= 4 is 29.3 Å². The molecule has 0 saturated carbocycles. The zero-order chi connectivity index (χ0) is 20.4. The number of cyclic esters (lactones) is 1. The molecule has 2 aromatic carbocycles. The first kappa shape index (κ1) is 19.7. The van der Waals surface area contributed by atoms with Crippen LogP contribution >= 0.6 is 11.6 Å². The summed E-state index contributed by atoms with van der Waals surface area (Å²) in [6.45, 7) is 2.12. The molecular weight excluding hydrogens is 392 g/mol. The highest BCUT2D eigenvalue weighted by atomic mass is 35.5. The zero-order valence-corrected chi connectivity index (χ0v) is 16.7. The van der Waals surface area contributed by atoms with Gasteiger partial charge in [0.25, 0.3) is 5.91 Å². The smallest absolute Gasteiger partial charge is 0.414 e. The highest BCUT2D eigenvalue weighted by molar-refractivity contribution is 6.30. The van der Waals surface area contributed by atoms with Gasteiger partial charge in [-0.3, -0.25) is 9.69 Å². The van der Waals surface area contributed by atoms with E-state index in [9.17, 15) is 14.7 Å². The Labute approximate surface area is 174 Å². The summed E-state index contributed by atoms with van der Waals surface area (Å²) in [5, 5.41) is 11.3. The average Bonchev–Trinajstić information content (AvgIpc) is 3.19. The predicted octanol–water partition coefficient (Wildman–Crippen LogP) is 3.88. The summed E-state index contributed by atoms with van der Waals surface area (Å²) in [5.41, 5.74) is 2.18. The van der Waals surface area contributed by atoms with Gasteiger partial charge >= 0.3 is 6.09 Å². The number of amides is 2. The molecule has 2 amide bonds. The number of piperidine rings is 1. The maximum absolute atomic E-state index is 12.8. The third-order valence-electron chi connectivity index (χ3n) is 5.67. The second kappa shape index (κ2) is 8.43. The lowest BCUT2D eigenvalue weighted by Crippen LogP contribution is -2.39. The fourth-order valence-electron chi connectivity index (χ4n) is 3.94. The summed E-state index contributed by atoms with van der Waals surface area (Å²) in [6, 6.07) is 14.3. The monoisotopic (exact) mass is 414 g/mol. The first-order valence-electron chi connectivity index (χ1n) is 9.80. The summed E-state index contributed by atoms with van der Waals surface area (Å²) >= 11 is 5.92. The van der Waals surface area contributed by atoms with Gasteiger partial charge in [-0.25, -0.2) is 4.79 Å². The molecule has 2 heterocycles. The number of halogens is 1. The molecule has 0 spiro atoms. The van der Waals surface area contributed by atoms with E-state index in [2.05, 4.69) is 0 Å². The minimum absolute atomic E-state index is 0.0278. The summed E-state index contributed by atoms with van der Waals surface area (Å²) in [7, 11) is 0. The van der Waals surface area contributed by atoms with Crippen LogP contribution in [0.4, 0.5) is 10.5 Å². The van der Waals surface area contributed by atoms with Crippen molar-refractivity contribution in [1.82, 2.24) is 4.90 Å². The summed E-state index contributed by atoms with van der Waals surface area (Å²) in [6.07, 6.45) is 0.579. The number of carbonyl (C=O) groups is 2. The third-order valence-corrected chi connectivity index (χ3v) is 5.92. The van der Waals surface area contributed by atoms with E-state index in [-0.39, 0.29) is 17.9 Å². The van der Waals surface area contributed by atoms with Crippen LogP contribution in [0.15, 0.2) is 48.5 Å². The van der Waals surface area contributed by atoms with E-state index in [1.807, 2.05) is 17.0 Å². The lowest BCUT2D eigenvalue weighted by atomic mass is 9.87. The largest absolute Gasteiger partial charge is 0.447 e. The van der Waals surface area contributed by atoms with Crippen molar-refractivity contribution in [2.45, 2.75) is 18.9 Å². The van der Waals surface area contributed by atoms with Crippen molar-refractivity contribution in [2.24, 2.45) is 5.92 Å². The summed E-state index contributed by atoms with van der Waals surface area (Å²) in [5.74, 6) is 0.0868. The molecule has 4 rings (SSSR count). The summed E-state index contributed by atoms with van der Waals surface area (Å²) in [4.78, 5) is 27.8. The molecule has 1 atom stereocenters. The molecule has 0 radical (unpaired) electrons. The van der Waals surface area contributed by atoms with Gasteiger partial charge in [-0.2, -0.15) is 0 Å². The van der Waals surface area contributed by atoms with Gasteiger partial charge in [0.05, 0.1) is 12.6 Å². The topological polar surface area (TPSA) is 70.1 Å². The number of ether oxygens (including phenoxy) is 1. The second-order valence-corrected chi connectivity index (χ2v) is 7.88. The van der Waals surface area contributed by atoms with Crippen LogP contribution in [0.25, 0.3) is 0 Å². The van der Waals surface area contributed by atoms with Crippen LogP contribution in [0.1, 0.15) is 34.9 Å². The number of aliphatic hydroxyl groups excluding tert-OH is 1. The van der Waals surface area contributed by atoms with Gasteiger partial charge in [0.2, 0.25) is 0 Å². The van der Waals surface area contributed by atoms with E-state index in [1.54, 1.807) is 41.3 Å². The minimum atomic E-state index is -0.552. The van der Waals surface area contributed by atoms with Gasteiger partial charge < -0.3 is 14.7 Å². The highest BCUT2D eigenvalue weighted by Gasteiger charge is 2.29. The Balaban J connectivity index is 1.35. The van der Waals surface area contributed by atoms with Crippen molar-refractivity contribution in [3.63, 3.8) is 0 Å². The van der Waals surface area contributed by atoms with Crippen LogP contribution in [-0.4, -0.2) is 48.2 Å². The molecule has 0 unspecified atom stereocenters. The molecule has 7 heteroatoms. The number of anilines is 1. The quantitative estimate of drug-likeness (QED) is 0.824. The molecule has 0 aliphatic carbocycles. The molecule has 2 aliphatic heterocycles. The fourth-order valence-corrected chi connectivity index (χ4v) is 4.07. The number of hydrogen-bond acceptors (Lipinski definition) is 4. The second-order valence-electron chi connectivity index (χ2n) is 7.44. The van der Waals surface area contributed by atoms with Crippen molar-refractivity contribution in [2.75, 3.05) is 31.1 Å². The molecule has 0 bridgehead atoms. The highest BCUT2D eigenvalue weighted by Crippen LogP contribution is 2.32. The molecule has 2 aromatic rings. The number of hydrogen-bond donors (Lipinski definition) is 1. The van der Waals surface area contributed by atoms with Crippen LogP contribution < -0.4 is 4.90 Å². The maximum atomic E-state index is 12.8. The van der Waals surface area contributed by atoms with Crippen LogP contribution in [-0.2, 0) is 4.74 Å². The van der Waals surface area contributed by atoms with Gasteiger partial charge in [0, 0.05) is 29.4 Å². The Morgan fingerprint density at radius 3 is 2.28 bits per heavy atom. The Morgan fingerprint density at radius 1 is 1.03 bits per heavy atom. The number of aliphatic hydroxyl groups is 1. The van der Waals surface area contributed by atoms with E-state index in [4.69, 9.17) is 16.3 Å². The number of carbonyl (C=O) groups excluding carboxylic acids is 2. The molecule has 6 nitrogen and oxygen atoms in total. The molecule has 29 heavy (non-hydrogen) atoms. The van der Waals surface area contributed by atoms with Crippen molar-refractivity contribution in [3.05, 3.63) is 64.7 Å². The van der Waals surface area contributed by atoms with E-state index in [0.29, 0.717) is 36.8 Å². The Hall–Kier alpha value is -2.57. The number of benzene rings is 2. The van der Waals surface area contributed by atoms with Crippen molar-refractivity contribution in [1.29, 1.82) is 0 Å². The Morgan fingerprint density at radius 2 is 1.69 bits per heavy atom. The third kappa shape index (κ3) is 4.23. The molecular formula is C22H23ClN2O4. The normalized spacial score (nSPS) is 18.6. The first-order chi connectivity index (χ1) is 14.0. The minimum Gasteiger partial charge on any atom is -0.447 e. The number of likely N-dealkylation sites (tertiary alicyclic amines) is 1. The number of rotatable bonds is 4. The van der Waals surface area contributed by atoms with Gasteiger partial charge in [0.1, 0.15) is 6.61 Å². The average molecular weight is 415 g/mol. The van der Waals surface area contributed by atoms with Crippen LogP contribution in [0.2, 0.25) is 5.02 Å². The van der Waals surface area contributed by atoms with Crippen molar-refractivity contribution < 1.29 is 19.4 Å². The first-order valence-corrected chi connectivity index (χ1v) is 10.2. The van der Waals surface area contributed by atoms with Gasteiger partial charge in [0.15, 0.2) is 0 Å². The van der Waals surface area contributed by atoms with Gasteiger partial charge in [-0.1, -0.05) is 23.7 Å². The standard InChI is InChI=1S/C22H23ClN2O4/c23-18-5-1-15(2-6-18)20(26)16-9-11-24(12-10-16)21(27)17-3-7-19(8-4-17)25-13-14-29-22(25)28/h1-8,16,20,26H,9-14H2/t20-/m1/s1. The van der Waals surface area contributed by atoms with Crippen LogP contribution in [0.3, 0.4) is 0 Å². The molecule has 2 aliphatic rings. The van der Waals surface area contributed by atoms with Gasteiger partial charge in [-0.05, 0) is 60.7 Å². The molecule has 1 N–H and O–H groups in total. The SMILES string of the molecule is O=C(c1ccc(N2CCOC2=O)cc1)N1CCC([C@H](O)c2ccc(Cl)cc2)CC1. The predicted molar refractivity (Wildman–Crippen MR) is 110 cm³/mol. The van der Waals surface area contributed by atoms with E-state index in [1.165, 1.54) is 0 Å². The van der Waals surface area contributed by atoms with Crippen molar-refractivity contribution in [3.8, 4) is 0 Å². The molecule has 0 aromatic heterocycles. The van der Waals surface area contributed by atoms with Crippen LogP contribution in [0.5, 0.6) is 0 Å². The molecule has 2 fully saturated rings. The lowest BCUT2D eigenvalue weighted by molar-refractivity contribution is 0.0462. The zero-order valence-electron chi connectivity index (χ0n) is 16.0.